The van der Waals surface area contributed by atoms with Gasteiger partial charge in [0.25, 0.3) is 12.9 Å². The molecule has 0 aliphatic carbocycles. The number of aromatic carboxylic acids is 2. The summed E-state index contributed by atoms with van der Waals surface area (Å²) in [4.78, 5) is 98.8. The number of hydrogen-bond acceptors (Lipinski definition) is 27. The van der Waals surface area contributed by atoms with Crippen LogP contribution in [-0.2, 0) is 18.9 Å². The number of pyridine rings is 4. The van der Waals surface area contributed by atoms with E-state index in [4.69, 9.17) is 106 Å². The van der Waals surface area contributed by atoms with Crippen molar-refractivity contribution in [3.05, 3.63) is 257 Å². The molecule has 6 aromatic heterocycles. The maximum Gasteiger partial charge on any atom is 0.358 e. The summed E-state index contributed by atoms with van der Waals surface area (Å²) in [5.41, 5.74) is 25.9. The summed E-state index contributed by atoms with van der Waals surface area (Å²) in [5, 5.41) is 25.7. The van der Waals surface area contributed by atoms with Crippen LogP contribution in [0.2, 0.25) is 20.1 Å². The number of halogens is 18. The number of carboxylic acids is 2. The van der Waals surface area contributed by atoms with Crippen molar-refractivity contribution >= 4 is 117 Å². The Morgan fingerprint density at radius 3 is 1.17 bits per heavy atom. The zero-order chi connectivity index (χ0) is 93.9. The zero-order valence-electron chi connectivity index (χ0n) is 64.4. The summed E-state index contributed by atoms with van der Waals surface area (Å²) in [7, 11) is 6.88. The van der Waals surface area contributed by atoms with E-state index in [-0.39, 0.29) is 111 Å². The topological polar surface area (TPSA) is 481 Å². The Balaban J connectivity index is 0.000000208. The number of alkyl halides is 4. The molecule has 6 aromatic carbocycles. The van der Waals surface area contributed by atoms with Crippen molar-refractivity contribution in [3.8, 4) is 85.4 Å². The SMILES string of the molecule is COC(=O)c1nc(-c2cc(F)c(C#N)cc2F)cc(N)c1Cl.COC(=O)c1nc(-c2cc(F)c(C(F)F)cc2F)cc(N)c1Cl.COC(=O)c1nc(-c2ccc(F)cc2)c(F)c(N)c1Cl.COC(=O)c1nc(-c2ccccc2F)c(F)c(N)c1Cl.COc1c(N)nc(-c2cc(F)c(C(F)F)cc2F)nc1C(=O)O.COc1c(N)nc(-c2ccccc2)nc1C(=O)O. The first-order chi connectivity index (χ1) is 59.4. The van der Waals surface area contributed by atoms with Crippen molar-refractivity contribution in [1.29, 1.82) is 5.26 Å². The summed E-state index contributed by atoms with van der Waals surface area (Å²) < 4.78 is 215. The predicted molar refractivity (Wildman–Crippen MR) is 427 cm³/mol. The largest absolute Gasteiger partial charge is 0.491 e. The van der Waals surface area contributed by atoms with Gasteiger partial charge in [-0.2, -0.15) is 5.26 Å². The van der Waals surface area contributed by atoms with Crippen LogP contribution in [0.3, 0.4) is 0 Å². The summed E-state index contributed by atoms with van der Waals surface area (Å²) >= 11 is 23.2. The fourth-order valence-electron chi connectivity index (χ4n) is 10.2. The van der Waals surface area contributed by atoms with Gasteiger partial charge in [0, 0.05) is 27.8 Å². The van der Waals surface area contributed by atoms with Gasteiger partial charge in [-0.15, -0.1) is 0 Å². The van der Waals surface area contributed by atoms with Gasteiger partial charge in [-0.1, -0.05) is 88.9 Å². The molecule has 0 aliphatic heterocycles. The van der Waals surface area contributed by atoms with Crippen LogP contribution in [0.5, 0.6) is 11.5 Å². The normalized spacial score (nSPS) is 10.5. The highest BCUT2D eigenvalue weighted by Crippen LogP contribution is 2.39. The van der Waals surface area contributed by atoms with Crippen molar-refractivity contribution in [1.82, 2.24) is 39.9 Å². The summed E-state index contributed by atoms with van der Waals surface area (Å²) in [5.74, 6) is -17.4. The maximum atomic E-state index is 14.1. The van der Waals surface area contributed by atoms with E-state index in [1.807, 2.05) is 6.07 Å². The number of carboxylic acid groups (broad SMARTS) is 2. The molecule has 47 heteroatoms. The summed E-state index contributed by atoms with van der Waals surface area (Å²) in [6, 6.07) is 26.3. The molecule has 0 unspecified atom stereocenters. The first-order valence-electron chi connectivity index (χ1n) is 33.9. The average molecular weight is 1850 g/mol. The molecule has 12 aromatic rings. The standard InChI is InChI=1S/C14H9ClF4N2O2.C14H8ClF2N3O2.2C13H9ClF2N2O2.C13H9F4N3O3.C12H11N3O3/c1-23-14(22)12-11(15)9(20)4-10(21-12)5-2-8(17)6(13(18)19)3-7(5)16;1-22-14(21)13-12(15)10(19)4-11(20-13)7-3-8(16)6(5-18)2-9(7)17;1-20-13(19)12-8(14)10(17)9(16)11(18-12)6-2-4-7(15)5-3-6;1-20-13(19)12-8(14)10(17)9(16)11(18-12)6-4-2-3-5-7(6)15;1-23-9-8(13(21)22)19-12(20-11(9)18)5-3-6(14)4(10(16)17)2-7(5)15;1-18-9-8(12(16)17)14-11(15-10(9)13)7-5-3-2-4-6-7/h2-4,13H,1H3,(H2,20,21);2-4H,1H3,(H2,19,20);2*2-5H,1H3,(H2,17,18);2-3,10H,1H3,(H,21,22)(H2,18,19,20);2-6H,1H3,(H,16,17)(H2,13,14,15). The van der Waals surface area contributed by atoms with E-state index in [0.29, 0.717) is 29.8 Å². The number of anilines is 6. The van der Waals surface area contributed by atoms with E-state index in [9.17, 15) is 90.2 Å². The lowest BCUT2D eigenvalue weighted by Gasteiger charge is -2.11. The molecule has 0 aliphatic rings. The van der Waals surface area contributed by atoms with Crippen LogP contribution in [0.15, 0.2) is 127 Å². The number of carbonyl (C=O) groups is 6. The van der Waals surface area contributed by atoms with E-state index < -0.39 is 175 Å². The second-order valence-electron chi connectivity index (χ2n) is 24.0. The number of hydrogen-bond donors (Lipinski definition) is 8. The van der Waals surface area contributed by atoms with E-state index in [1.165, 1.54) is 49.6 Å². The van der Waals surface area contributed by atoms with Crippen LogP contribution in [0.25, 0.3) is 67.8 Å². The van der Waals surface area contributed by atoms with Crippen molar-refractivity contribution in [2.45, 2.75) is 12.9 Å². The fourth-order valence-corrected chi connectivity index (χ4v) is 10.9. The molecule has 14 N–H and O–H groups in total. The Bertz CT molecular complexity index is 6270. The van der Waals surface area contributed by atoms with Gasteiger partial charge >= 0.3 is 35.8 Å². The molecule has 0 spiro atoms. The average Bonchev–Trinajstić information content (AvgIpc) is 0.800. The molecule has 126 heavy (non-hydrogen) atoms. The molecule has 0 radical (unpaired) electrons. The van der Waals surface area contributed by atoms with Gasteiger partial charge in [0.1, 0.15) is 64.0 Å². The van der Waals surface area contributed by atoms with Gasteiger partial charge in [-0.25, -0.2) is 130 Å². The number of methoxy groups -OCH3 is 6. The zero-order valence-corrected chi connectivity index (χ0v) is 67.4. The Kier molecular flexibility index (Phi) is 33.6. The fraction of sp³-hybridized carbons (Fsp3) is 0.101. The van der Waals surface area contributed by atoms with Gasteiger partial charge in [0.2, 0.25) is 0 Å². The number of nitrogens with zero attached hydrogens (tertiary/aromatic N) is 9. The van der Waals surface area contributed by atoms with Crippen LogP contribution < -0.4 is 43.9 Å². The van der Waals surface area contributed by atoms with E-state index in [2.05, 4.69) is 58.8 Å². The number of carbonyl (C=O) groups excluding carboxylic acids is 4. The minimum atomic E-state index is -3.21. The van der Waals surface area contributed by atoms with Crippen LogP contribution in [0, 0.1) is 69.5 Å². The van der Waals surface area contributed by atoms with Gasteiger partial charge in [0.15, 0.2) is 80.6 Å². The number of benzene rings is 6. The third-order valence-corrected chi connectivity index (χ3v) is 17.8. The lowest BCUT2D eigenvalue weighted by molar-refractivity contribution is 0.0585. The molecule has 0 amide bonds. The lowest BCUT2D eigenvalue weighted by Crippen LogP contribution is -2.10. The summed E-state index contributed by atoms with van der Waals surface area (Å²) in [6.45, 7) is 0. The molecule has 0 bridgehead atoms. The van der Waals surface area contributed by atoms with Crippen LogP contribution in [0.4, 0.5) is 95.9 Å². The van der Waals surface area contributed by atoms with Crippen LogP contribution >= 0.6 is 46.4 Å². The minimum Gasteiger partial charge on any atom is -0.491 e. The Morgan fingerprint density at radius 2 is 0.754 bits per heavy atom. The molecule has 12 rings (SSSR count). The quantitative estimate of drug-likeness (QED) is 0.0253. The van der Waals surface area contributed by atoms with E-state index >= 15 is 0 Å². The third kappa shape index (κ3) is 22.8. The smallest absolute Gasteiger partial charge is 0.358 e. The van der Waals surface area contributed by atoms with Crippen molar-refractivity contribution in [2.24, 2.45) is 0 Å². The molecule has 0 atom stereocenters. The minimum absolute atomic E-state index is 0.00348. The Labute approximate surface area is 719 Å². The molecule has 656 valence electrons. The number of rotatable bonds is 16. The number of esters is 4. The number of nitrogens with two attached hydrogens (primary N) is 6. The van der Waals surface area contributed by atoms with Crippen molar-refractivity contribution < 1.29 is 129 Å². The highest BCUT2D eigenvalue weighted by molar-refractivity contribution is 6.37. The van der Waals surface area contributed by atoms with Crippen LogP contribution in [0.1, 0.15) is 92.5 Å². The first kappa shape index (κ1) is 98.1. The number of nitrogen functional groups attached to an aromatic ring is 6. The Morgan fingerprint density at radius 1 is 0.381 bits per heavy atom. The highest BCUT2D eigenvalue weighted by Gasteiger charge is 2.30. The van der Waals surface area contributed by atoms with Crippen molar-refractivity contribution in [2.75, 3.05) is 77.1 Å². The van der Waals surface area contributed by atoms with Gasteiger partial charge in [-0.05, 0) is 84.9 Å². The summed E-state index contributed by atoms with van der Waals surface area (Å²) in [6.07, 6.45) is -6.39. The van der Waals surface area contributed by atoms with E-state index in [1.54, 1.807) is 24.3 Å². The van der Waals surface area contributed by atoms with Gasteiger partial charge in [-0.3, -0.25) is 0 Å². The number of nitriles is 1. The maximum absolute atomic E-state index is 14.1. The van der Waals surface area contributed by atoms with Crippen LogP contribution in [-0.4, -0.2) is 129 Å². The number of ether oxygens (including phenoxy) is 6. The molecular formula is C79H55Cl4F14N15O14. The highest BCUT2D eigenvalue weighted by atomic mass is 35.5. The van der Waals surface area contributed by atoms with Gasteiger partial charge in [0.05, 0.1) is 119 Å². The van der Waals surface area contributed by atoms with Gasteiger partial charge < -0.3 is 73.0 Å². The molecular weight excluding hydrogens is 1790 g/mol. The second-order valence-corrected chi connectivity index (χ2v) is 25.5. The first-order valence-corrected chi connectivity index (χ1v) is 35.4. The Hall–Kier alpha value is -15.0. The van der Waals surface area contributed by atoms with Crippen molar-refractivity contribution in [3.63, 3.8) is 0 Å². The molecule has 0 fully saturated rings. The molecule has 29 nitrogen and oxygen atoms in total. The number of aromatic nitrogens is 8. The molecule has 0 saturated carbocycles. The third-order valence-electron chi connectivity index (χ3n) is 16.2. The molecule has 6 heterocycles. The monoisotopic (exact) mass is 1840 g/mol. The predicted octanol–water partition coefficient (Wildman–Crippen LogP) is 17.1. The van der Waals surface area contributed by atoms with E-state index in [0.717, 1.165) is 71.9 Å². The molecule has 0 saturated heterocycles. The lowest BCUT2D eigenvalue weighted by atomic mass is 10.1. The second kappa shape index (κ2) is 43.1.